The summed E-state index contributed by atoms with van der Waals surface area (Å²) in [4.78, 5) is 24.9. The Bertz CT molecular complexity index is 484. The van der Waals surface area contributed by atoms with Gasteiger partial charge in [-0.25, -0.2) is 0 Å². The van der Waals surface area contributed by atoms with Crippen molar-refractivity contribution in [2.24, 2.45) is 5.92 Å². The third kappa shape index (κ3) is 3.85. The first-order valence-electron chi connectivity index (χ1n) is 7.12. The number of carbonyl (C=O) groups is 2. The van der Waals surface area contributed by atoms with Gasteiger partial charge in [0.05, 0.1) is 0 Å². The molecule has 1 aliphatic heterocycles. The lowest BCUT2D eigenvalue weighted by Gasteiger charge is -2.17. The molecule has 2 rings (SSSR count). The molecule has 0 saturated carbocycles. The Labute approximate surface area is 124 Å². The normalized spacial score (nSPS) is 18.6. The van der Waals surface area contributed by atoms with Crippen LogP contribution < -0.4 is 4.90 Å². The van der Waals surface area contributed by atoms with Crippen molar-refractivity contribution in [2.75, 3.05) is 17.2 Å². The molecule has 1 aliphatic rings. The zero-order valence-corrected chi connectivity index (χ0v) is 12.9. The molecule has 1 aromatic rings. The smallest absolute Gasteiger partial charge is 0.227 e. The fourth-order valence-corrected chi connectivity index (χ4v) is 3.20. The summed E-state index contributed by atoms with van der Waals surface area (Å²) in [7, 11) is 0. The van der Waals surface area contributed by atoms with Crippen LogP contribution in [0.5, 0.6) is 0 Å². The van der Waals surface area contributed by atoms with Crippen LogP contribution in [0.3, 0.4) is 0 Å². The summed E-state index contributed by atoms with van der Waals surface area (Å²) < 4.78 is 0. The van der Waals surface area contributed by atoms with E-state index in [1.165, 1.54) is 17.3 Å². The second kappa shape index (κ2) is 6.93. The zero-order chi connectivity index (χ0) is 14.5. The van der Waals surface area contributed by atoms with Crippen molar-refractivity contribution in [3.63, 3.8) is 0 Å². The molecule has 0 aliphatic carbocycles. The quantitative estimate of drug-likeness (QED) is 0.835. The topological polar surface area (TPSA) is 37.4 Å². The number of carbonyl (C=O) groups excluding carboxylic acids is 2. The minimum atomic E-state index is 0.125. The van der Waals surface area contributed by atoms with Crippen LogP contribution in [0.15, 0.2) is 24.3 Å². The average Bonchev–Trinajstić information content (AvgIpc) is 2.79. The SMILES string of the molecule is CCCc1ccc(N2CC(CSC(C)=O)CC2=O)cc1. The minimum Gasteiger partial charge on any atom is -0.312 e. The van der Waals surface area contributed by atoms with E-state index < -0.39 is 0 Å². The van der Waals surface area contributed by atoms with Gasteiger partial charge in [0.2, 0.25) is 5.91 Å². The monoisotopic (exact) mass is 291 g/mol. The minimum absolute atomic E-state index is 0.125. The molecule has 3 nitrogen and oxygen atoms in total. The van der Waals surface area contributed by atoms with Gasteiger partial charge in [0.25, 0.3) is 0 Å². The fourth-order valence-electron chi connectivity index (χ4n) is 2.51. The molecule has 1 amide bonds. The lowest BCUT2D eigenvalue weighted by atomic mass is 10.1. The second-order valence-corrected chi connectivity index (χ2v) is 6.49. The Balaban J connectivity index is 1.98. The Morgan fingerprint density at radius 2 is 2.05 bits per heavy atom. The van der Waals surface area contributed by atoms with E-state index in [1.807, 2.05) is 17.0 Å². The number of hydrogen-bond donors (Lipinski definition) is 0. The molecular weight excluding hydrogens is 270 g/mol. The van der Waals surface area contributed by atoms with Crippen molar-refractivity contribution in [1.82, 2.24) is 0 Å². The summed E-state index contributed by atoms with van der Waals surface area (Å²) in [6.45, 7) is 4.47. The first-order valence-corrected chi connectivity index (χ1v) is 8.11. The highest BCUT2D eigenvalue weighted by molar-refractivity contribution is 8.13. The summed E-state index contributed by atoms with van der Waals surface area (Å²) >= 11 is 1.32. The van der Waals surface area contributed by atoms with Crippen LogP contribution in [0.25, 0.3) is 0 Å². The highest BCUT2D eigenvalue weighted by Gasteiger charge is 2.30. The average molecular weight is 291 g/mol. The highest BCUT2D eigenvalue weighted by atomic mass is 32.2. The van der Waals surface area contributed by atoms with Gasteiger partial charge >= 0.3 is 0 Å². The van der Waals surface area contributed by atoms with E-state index in [0.29, 0.717) is 6.42 Å². The van der Waals surface area contributed by atoms with Crippen molar-refractivity contribution in [3.8, 4) is 0 Å². The summed E-state index contributed by atoms with van der Waals surface area (Å²) in [6, 6.07) is 8.26. The molecule has 1 saturated heterocycles. The molecule has 1 atom stereocenters. The van der Waals surface area contributed by atoms with E-state index in [2.05, 4.69) is 19.1 Å². The number of aryl methyl sites for hydroxylation is 1. The Morgan fingerprint density at radius 3 is 2.65 bits per heavy atom. The number of benzene rings is 1. The molecule has 1 aromatic carbocycles. The lowest BCUT2D eigenvalue weighted by molar-refractivity contribution is -0.117. The molecule has 20 heavy (non-hydrogen) atoms. The van der Waals surface area contributed by atoms with E-state index in [9.17, 15) is 9.59 Å². The van der Waals surface area contributed by atoms with Crippen molar-refractivity contribution in [3.05, 3.63) is 29.8 Å². The van der Waals surface area contributed by atoms with Crippen LogP contribution in [-0.4, -0.2) is 23.3 Å². The second-order valence-electron chi connectivity index (χ2n) is 5.29. The number of anilines is 1. The molecule has 0 bridgehead atoms. The van der Waals surface area contributed by atoms with Gasteiger partial charge in [-0.1, -0.05) is 37.2 Å². The largest absolute Gasteiger partial charge is 0.312 e. The third-order valence-electron chi connectivity index (χ3n) is 3.51. The van der Waals surface area contributed by atoms with Gasteiger partial charge < -0.3 is 4.90 Å². The van der Waals surface area contributed by atoms with Crippen molar-refractivity contribution in [1.29, 1.82) is 0 Å². The highest BCUT2D eigenvalue weighted by Crippen LogP contribution is 2.27. The van der Waals surface area contributed by atoms with Gasteiger partial charge in [-0.2, -0.15) is 0 Å². The third-order valence-corrected chi connectivity index (χ3v) is 4.56. The van der Waals surface area contributed by atoms with Crippen LogP contribution in [0.4, 0.5) is 5.69 Å². The summed E-state index contributed by atoms with van der Waals surface area (Å²) in [5.74, 6) is 1.19. The molecule has 1 unspecified atom stereocenters. The van der Waals surface area contributed by atoms with Gasteiger partial charge in [-0.15, -0.1) is 0 Å². The number of rotatable bonds is 5. The maximum absolute atomic E-state index is 12.1. The summed E-state index contributed by atoms with van der Waals surface area (Å²) in [5, 5.41) is 0.125. The molecule has 4 heteroatoms. The van der Waals surface area contributed by atoms with Crippen LogP contribution in [0.1, 0.15) is 32.3 Å². The molecule has 0 N–H and O–H groups in total. The Kier molecular flexibility index (Phi) is 5.24. The Morgan fingerprint density at radius 1 is 1.35 bits per heavy atom. The molecule has 0 spiro atoms. The van der Waals surface area contributed by atoms with Crippen LogP contribution in [0.2, 0.25) is 0 Å². The molecule has 1 heterocycles. The van der Waals surface area contributed by atoms with Crippen molar-refractivity contribution < 1.29 is 9.59 Å². The maximum Gasteiger partial charge on any atom is 0.227 e. The van der Waals surface area contributed by atoms with Gasteiger partial charge in [0.1, 0.15) is 0 Å². The van der Waals surface area contributed by atoms with E-state index >= 15 is 0 Å². The number of hydrogen-bond acceptors (Lipinski definition) is 3. The molecule has 108 valence electrons. The molecule has 0 radical (unpaired) electrons. The van der Waals surface area contributed by atoms with Gasteiger partial charge in [-0.05, 0) is 30.0 Å². The van der Waals surface area contributed by atoms with Gasteiger partial charge in [-0.3, -0.25) is 9.59 Å². The Hall–Kier alpha value is -1.29. The predicted molar refractivity (Wildman–Crippen MR) is 84.0 cm³/mol. The number of thioether (sulfide) groups is 1. The van der Waals surface area contributed by atoms with Crippen molar-refractivity contribution in [2.45, 2.75) is 33.1 Å². The molecule has 1 fully saturated rings. The zero-order valence-electron chi connectivity index (χ0n) is 12.1. The van der Waals surface area contributed by atoms with Crippen molar-refractivity contribution >= 4 is 28.5 Å². The molecule has 0 aromatic heterocycles. The first-order chi connectivity index (χ1) is 9.60. The van der Waals surface area contributed by atoms with E-state index in [-0.39, 0.29) is 16.9 Å². The van der Waals surface area contributed by atoms with Crippen LogP contribution in [-0.2, 0) is 16.0 Å². The predicted octanol–water partition coefficient (Wildman–Crippen LogP) is 3.27. The van der Waals surface area contributed by atoms with Crippen LogP contribution >= 0.6 is 11.8 Å². The number of nitrogens with zero attached hydrogens (tertiary/aromatic N) is 1. The maximum atomic E-state index is 12.1. The first kappa shape index (κ1) is 15.1. The van der Waals surface area contributed by atoms with E-state index in [1.54, 1.807) is 6.92 Å². The van der Waals surface area contributed by atoms with Crippen LogP contribution in [0, 0.1) is 5.92 Å². The van der Waals surface area contributed by atoms with Gasteiger partial charge in [0, 0.05) is 31.3 Å². The van der Waals surface area contributed by atoms with E-state index in [4.69, 9.17) is 0 Å². The standard InChI is InChI=1S/C16H21NO2S/c1-3-4-13-5-7-15(8-6-13)17-10-14(9-16(17)19)11-20-12(2)18/h5-8,14H,3-4,9-11H2,1-2H3. The fraction of sp³-hybridized carbons (Fsp3) is 0.500. The van der Waals surface area contributed by atoms with E-state index in [0.717, 1.165) is 30.8 Å². The molecular formula is C16H21NO2S. The van der Waals surface area contributed by atoms with Gasteiger partial charge in [0.15, 0.2) is 5.12 Å². The lowest BCUT2D eigenvalue weighted by Crippen LogP contribution is -2.24. The number of amides is 1. The summed E-state index contributed by atoms with van der Waals surface area (Å²) in [5.41, 5.74) is 2.29. The summed E-state index contributed by atoms with van der Waals surface area (Å²) in [6.07, 6.45) is 2.76.